The zero-order valence-corrected chi connectivity index (χ0v) is 6.80. The molecule has 0 atom stereocenters. The average Bonchev–Trinajstić information content (AvgIpc) is 2.08. The molecule has 0 spiro atoms. The van der Waals surface area contributed by atoms with Gasteiger partial charge in [-0.15, -0.1) is 6.42 Å². The lowest BCUT2D eigenvalue weighted by Crippen LogP contribution is -1.96. The van der Waals surface area contributed by atoms with Gasteiger partial charge < -0.3 is 4.74 Å². The first kappa shape index (κ1) is 8.61. The van der Waals surface area contributed by atoms with E-state index in [0.717, 1.165) is 0 Å². The molecule has 0 fully saturated rings. The Labute approximate surface area is 71.2 Å². The average molecular weight is 164 g/mol. The lowest BCUT2D eigenvalue weighted by Gasteiger charge is -2.05. The van der Waals surface area contributed by atoms with Crippen molar-refractivity contribution in [2.75, 3.05) is 6.61 Å². The molecule has 0 radical (unpaired) electrons. The Balaban J connectivity index is 2.86. The smallest absolute Gasteiger partial charge is 0.148 e. The van der Waals surface area contributed by atoms with Gasteiger partial charge in [0.1, 0.15) is 18.2 Å². The van der Waals surface area contributed by atoms with Crippen molar-refractivity contribution in [1.29, 1.82) is 0 Å². The second-order valence-electron chi connectivity index (χ2n) is 2.36. The van der Waals surface area contributed by atoms with Crippen LogP contribution in [0.5, 0.6) is 5.75 Å². The first-order valence-corrected chi connectivity index (χ1v) is 3.57. The summed E-state index contributed by atoms with van der Waals surface area (Å²) in [5, 5.41) is 0. The van der Waals surface area contributed by atoms with Gasteiger partial charge in [-0.3, -0.25) is 0 Å². The summed E-state index contributed by atoms with van der Waals surface area (Å²) in [4.78, 5) is 0. The number of hydrogen-bond acceptors (Lipinski definition) is 1. The van der Waals surface area contributed by atoms with E-state index in [9.17, 15) is 4.39 Å². The van der Waals surface area contributed by atoms with Gasteiger partial charge in [0.25, 0.3) is 0 Å². The number of halogens is 1. The highest BCUT2D eigenvalue weighted by Gasteiger charge is 2.02. The standard InChI is InChI=1S/C10H9FO/c1-3-7-12-10-6-4-5-9(11)8(10)2/h1,4-6H,7H2,2H3. The minimum Gasteiger partial charge on any atom is -0.481 e. The van der Waals surface area contributed by atoms with Crippen LogP contribution in [0.15, 0.2) is 18.2 Å². The number of rotatable bonds is 2. The van der Waals surface area contributed by atoms with Crippen LogP contribution in [0.1, 0.15) is 5.56 Å². The summed E-state index contributed by atoms with van der Waals surface area (Å²) >= 11 is 0. The lowest BCUT2D eigenvalue weighted by atomic mass is 10.2. The van der Waals surface area contributed by atoms with Crippen LogP contribution in [-0.2, 0) is 0 Å². The molecule has 62 valence electrons. The fourth-order valence-electron chi connectivity index (χ4n) is 0.863. The van der Waals surface area contributed by atoms with Gasteiger partial charge >= 0.3 is 0 Å². The van der Waals surface area contributed by atoms with E-state index < -0.39 is 0 Å². The minimum absolute atomic E-state index is 0.171. The summed E-state index contributed by atoms with van der Waals surface area (Å²) < 4.78 is 18.0. The van der Waals surface area contributed by atoms with Gasteiger partial charge in [-0.2, -0.15) is 0 Å². The molecule has 0 unspecified atom stereocenters. The Kier molecular flexibility index (Phi) is 2.71. The molecule has 0 N–H and O–H groups in total. The third kappa shape index (κ3) is 1.76. The quantitative estimate of drug-likeness (QED) is 0.608. The Morgan fingerprint density at radius 1 is 1.58 bits per heavy atom. The number of terminal acetylenes is 1. The molecule has 0 heterocycles. The molecule has 0 aromatic heterocycles. The van der Waals surface area contributed by atoms with Gasteiger partial charge in [0.15, 0.2) is 0 Å². The highest BCUT2D eigenvalue weighted by molar-refractivity contribution is 5.33. The molecule has 0 aliphatic rings. The van der Waals surface area contributed by atoms with E-state index in [1.54, 1.807) is 19.1 Å². The lowest BCUT2D eigenvalue weighted by molar-refractivity contribution is 0.364. The van der Waals surface area contributed by atoms with Crippen molar-refractivity contribution < 1.29 is 9.13 Å². The monoisotopic (exact) mass is 164 g/mol. The zero-order valence-electron chi connectivity index (χ0n) is 6.80. The molecular formula is C10H9FO. The van der Waals surface area contributed by atoms with E-state index in [1.165, 1.54) is 6.07 Å². The fourth-order valence-corrected chi connectivity index (χ4v) is 0.863. The summed E-state index contributed by atoms with van der Waals surface area (Å²) in [5.74, 6) is 2.55. The molecule has 0 amide bonds. The summed E-state index contributed by atoms with van der Waals surface area (Å²) in [6, 6.07) is 4.67. The zero-order chi connectivity index (χ0) is 8.97. The molecule has 0 aliphatic heterocycles. The fraction of sp³-hybridized carbons (Fsp3) is 0.200. The van der Waals surface area contributed by atoms with Crippen LogP contribution in [-0.4, -0.2) is 6.61 Å². The maximum Gasteiger partial charge on any atom is 0.148 e. The molecule has 1 aromatic carbocycles. The molecule has 0 aliphatic carbocycles. The van der Waals surface area contributed by atoms with Crippen LogP contribution in [0.4, 0.5) is 4.39 Å². The summed E-state index contributed by atoms with van der Waals surface area (Å²) in [5.41, 5.74) is 0.493. The third-order valence-electron chi connectivity index (χ3n) is 1.53. The van der Waals surface area contributed by atoms with Crippen LogP contribution in [0.25, 0.3) is 0 Å². The van der Waals surface area contributed by atoms with Gasteiger partial charge in [0.2, 0.25) is 0 Å². The van der Waals surface area contributed by atoms with E-state index in [2.05, 4.69) is 5.92 Å². The Hall–Kier alpha value is -1.49. The van der Waals surface area contributed by atoms with Gasteiger partial charge in [-0.25, -0.2) is 4.39 Å². The Morgan fingerprint density at radius 2 is 2.33 bits per heavy atom. The predicted molar refractivity (Wildman–Crippen MR) is 45.5 cm³/mol. The first-order valence-electron chi connectivity index (χ1n) is 3.57. The maximum absolute atomic E-state index is 12.9. The van der Waals surface area contributed by atoms with Crippen LogP contribution < -0.4 is 4.74 Å². The molecule has 0 bridgehead atoms. The third-order valence-corrected chi connectivity index (χ3v) is 1.53. The summed E-state index contributed by atoms with van der Waals surface area (Å²) in [6.45, 7) is 1.82. The van der Waals surface area contributed by atoms with Crippen LogP contribution >= 0.6 is 0 Å². The highest BCUT2D eigenvalue weighted by Crippen LogP contribution is 2.19. The van der Waals surface area contributed by atoms with Gasteiger partial charge in [-0.1, -0.05) is 12.0 Å². The second-order valence-corrected chi connectivity index (χ2v) is 2.36. The van der Waals surface area contributed by atoms with Crippen LogP contribution in [0, 0.1) is 25.1 Å². The van der Waals surface area contributed by atoms with Crippen molar-refractivity contribution in [2.45, 2.75) is 6.92 Å². The topological polar surface area (TPSA) is 9.23 Å². The molecule has 0 saturated heterocycles. The molecule has 1 nitrogen and oxygen atoms in total. The molecule has 0 saturated carbocycles. The minimum atomic E-state index is -0.274. The SMILES string of the molecule is C#CCOc1cccc(F)c1C. The molecule has 1 rings (SSSR count). The molecule has 2 heteroatoms. The molecule has 12 heavy (non-hydrogen) atoms. The van der Waals surface area contributed by atoms with Crippen molar-refractivity contribution in [3.05, 3.63) is 29.6 Å². The second kappa shape index (κ2) is 3.77. The number of ether oxygens (including phenoxy) is 1. The van der Waals surface area contributed by atoms with Gasteiger partial charge in [0, 0.05) is 5.56 Å². The summed E-state index contributed by atoms with van der Waals surface area (Å²) in [6.07, 6.45) is 5.00. The Morgan fingerprint density at radius 3 is 3.00 bits per heavy atom. The van der Waals surface area contributed by atoms with Crippen LogP contribution in [0.2, 0.25) is 0 Å². The summed E-state index contributed by atoms with van der Waals surface area (Å²) in [7, 11) is 0. The van der Waals surface area contributed by atoms with Gasteiger partial charge in [0.05, 0.1) is 0 Å². The Bertz CT molecular complexity index is 312. The van der Waals surface area contributed by atoms with Crippen molar-refractivity contribution in [3.63, 3.8) is 0 Å². The van der Waals surface area contributed by atoms with E-state index in [1.807, 2.05) is 0 Å². The van der Waals surface area contributed by atoms with E-state index in [0.29, 0.717) is 11.3 Å². The van der Waals surface area contributed by atoms with Gasteiger partial charge in [-0.05, 0) is 19.1 Å². The molecular weight excluding hydrogens is 155 g/mol. The maximum atomic E-state index is 12.9. The van der Waals surface area contributed by atoms with E-state index >= 15 is 0 Å². The van der Waals surface area contributed by atoms with Crippen molar-refractivity contribution in [3.8, 4) is 18.1 Å². The number of benzene rings is 1. The predicted octanol–water partition coefficient (Wildman–Crippen LogP) is 2.15. The largest absolute Gasteiger partial charge is 0.481 e. The van der Waals surface area contributed by atoms with Crippen molar-refractivity contribution >= 4 is 0 Å². The normalized spacial score (nSPS) is 9.08. The van der Waals surface area contributed by atoms with Crippen molar-refractivity contribution in [1.82, 2.24) is 0 Å². The van der Waals surface area contributed by atoms with Crippen molar-refractivity contribution in [2.24, 2.45) is 0 Å². The van der Waals surface area contributed by atoms with Crippen LogP contribution in [0.3, 0.4) is 0 Å². The first-order chi connectivity index (χ1) is 5.75. The van der Waals surface area contributed by atoms with E-state index in [4.69, 9.17) is 11.2 Å². The number of hydrogen-bond donors (Lipinski definition) is 0. The highest BCUT2D eigenvalue weighted by atomic mass is 19.1. The van der Waals surface area contributed by atoms with E-state index in [-0.39, 0.29) is 12.4 Å². The molecule has 1 aromatic rings.